The van der Waals surface area contributed by atoms with E-state index in [1.807, 2.05) is 0 Å². The van der Waals surface area contributed by atoms with Crippen LogP contribution in [0.5, 0.6) is 0 Å². The zero-order valence-electron chi connectivity index (χ0n) is 13.3. The van der Waals surface area contributed by atoms with Crippen LogP contribution >= 0.6 is 0 Å². The van der Waals surface area contributed by atoms with E-state index < -0.39 is 14.4 Å². The van der Waals surface area contributed by atoms with Crippen LogP contribution in [-0.4, -0.2) is 37.8 Å². The Morgan fingerprint density at radius 2 is 2.00 bits per heavy atom. The Labute approximate surface area is 119 Å². The zero-order valence-corrected chi connectivity index (χ0v) is 14.3. The number of aliphatic hydroxyl groups excluding tert-OH is 1. The predicted octanol–water partition coefficient (Wildman–Crippen LogP) is 3.49. The lowest BCUT2D eigenvalue weighted by Gasteiger charge is -2.38. The van der Waals surface area contributed by atoms with Gasteiger partial charge in [0.05, 0.1) is 12.2 Å². The molecule has 0 unspecified atom stereocenters. The molecule has 0 aromatic rings. The average Bonchev–Trinajstić information content (AvgIpc) is 2.94. The van der Waals surface area contributed by atoms with Gasteiger partial charge in [0.2, 0.25) is 0 Å². The van der Waals surface area contributed by atoms with E-state index >= 15 is 0 Å². The Morgan fingerprint density at radius 1 is 1.42 bits per heavy atom. The summed E-state index contributed by atoms with van der Waals surface area (Å²) in [5.74, 6) is 0. The molecule has 1 aliphatic rings. The molecule has 1 heterocycles. The third kappa shape index (κ3) is 4.70. The van der Waals surface area contributed by atoms with Gasteiger partial charge in [-0.25, -0.2) is 0 Å². The molecule has 1 N–H and O–H groups in total. The molecule has 19 heavy (non-hydrogen) atoms. The normalized spacial score (nSPS) is 26.9. The second kappa shape index (κ2) is 6.08. The fourth-order valence-electron chi connectivity index (χ4n) is 2.04. The summed E-state index contributed by atoms with van der Waals surface area (Å²) in [7, 11) is -1.71. The molecule has 0 bridgehead atoms. The highest BCUT2D eigenvalue weighted by Gasteiger charge is 2.46. The molecule has 0 aliphatic carbocycles. The van der Waals surface area contributed by atoms with Gasteiger partial charge >= 0.3 is 0 Å². The van der Waals surface area contributed by atoms with Gasteiger partial charge in [0.25, 0.3) is 0 Å². The van der Waals surface area contributed by atoms with Crippen molar-refractivity contribution in [3.63, 3.8) is 0 Å². The van der Waals surface area contributed by atoms with Gasteiger partial charge in [0.1, 0.15) is 6.10 Å². The second-order valence-corrected chi connectivity index (χ2v) is 11.9. The summed E-state index contributed by atoms with van der Waals surface area (Å²) in [5, 5.41) is 10.0. The minimum atomic E-state index is -1.71. The van der Waals surface area contributed by atoms with Gasteiger partial charge in [-0.15, -0.1) is 6.58 Å². The van der Waals surface area contributed by atoms with Crippen LogP contribution in [0, 0.1) is 0 Å². The van der Waals surface area contributed by atoms with Crippen LogP contribution in [0.1, 0.15) is 40.5 Å². The van der Waals surface area contributed by atoms with Gasteiger partial charge in [-0.1, -0.05) is 26.8 Å². The third-order valence-electron chi connectivity index (χ3n) is 4.28. The van der Waals surface area contributed by atoms with E-state index in [2.05, 4.69) is 47.4 Å². The van der Waals surface area contributed by atoms with E-state index in [1.54, 1.807) is 6.08 Å². The summed E-state index contributed by atoms with van der Waals surface area (Å²) in [6.45, 7) is 17.0. The molecule has 1 rings (SSSR count). The SMILES string of the molecule is C=CC[C@@H](O)[C@@H]1O[C@H]1C[C@H](C)O[Si](C)(C)C(C)(C)C. The van der Waals surface area contributed by atoms with E-state index in [1.165, 1.54) is 0 Å². The molecular weight excluding hydrogens is 256 g/mol. The molecule has 0 aromatic carbocycles. The van der Waals surface area contributed by atoms with Crippen molar-refractivity contribution in [2.45, 2.75) is 83.1 Å². The molecule has 1 aliphatic heterocycles. The second-order valence-electron chi connectivity index (χ2n) is 7.16. The summed E-state index contributed by atoms with van der Waals surface area (Å²) in [6.07, 6.45) is 3.09. The Kier molecular flexibility index (Phi) is 5.41. The average molecular weight is 286 g/mol. The van der Waals surface area contributed by atoms with Gasteiger partial charge in [-0.05, 0) is 31.5 Å². The largest absolute Gasteiger partial charge is 0.414 e. The number of aliphatic hydroxyl groups is 1. The van der Waals surface area contributed by atoms with E-state index in [4.69, 9.17) is 9.16 Å². The highest BCUT2D eigenvalue weighted by molar-refractivity contribution is 6.74. The Morgan fingerprint density at radius 3 is 2.47 bits per heavy atom. The lowest BCUT2D eigenvalue weighted by molar-refractivity contribution is 0.137. The van der Waals surface area contributed by atoms with Crippen molar-refractivity contribution in [3.05, 3.63) is 12.7 Å². The highest BCUT2D eigenvalue weighted by atomic mass is 28.4. The van der Waals surface area contributed by atoms with Crippen molar-refractivity contribution in [2.24, 2.45) is 0 Å². The molecule has 0 aromatic heterocycles. The van der Waals surface area contributed by atoms with E-state index in [9.17, 15) is 5.11 Å². The van der Waals surface area contributed by atoms with Crippen LogP contribution in [-0.2, 0) is 9.16 Å². The van der Waals surface area contributed by atoms with Crippen molar-refractivity contribution >= 4 is 8.32 Å². The van der Waals surface area contributed by atoms with E-state index in [0.717, 1.165) is 6.42 Å². The maximum Gasteiger partial charge on any atom is 0.192 e. The first kappa shape index (κ1) is 16.9. The first-order valence-electron chi connectivity index (χ1n) is 7.20. The number of hydrogen-bond acceptors (Lipinski definition) is 3. The minimum Gasteiger partial charge on any atom is -0.414 e. The molecule has 1 saturated heterocycles. The zero-order chi connectivity index (χ0) is 14.8. The van der Waals surface area contributed by atoms with Crippen LogP contribution in [0.3, 0.4) is 0 Å². The molecule has 0 spiro atoms. The number of hydrogen-bond donors (Lipinski definition) is 1. The van der Waals surface area contributed by atoms with Crippen molar-refractivity contribution in [3.8, 4) is 0 Å². The fourth-order valence-corrected chi connectivity index (χ4v) is 3.50. The topological polar surface area (TPSA) is 42.0 Å². The third-order valence-corrected chi connectivity index (χ3v) is 8.88. The molecule has 4 heteroatoms. The summed E-state index contributed by atoms with van der Waals surface area (Å²) in [4.78, 5) is 0. The summed E-state index contributed by atoms with van der Waals surface area (Å²) in [6, 6.07) is 0. The van der Waals surface area contributed by atoms with Crippen LogP contribution in [0.15, 0.2) is 12.7 Å². The maximum atomic E-state index is 9.81. The summed E-state index contributed by atoms with van der Waals surface area (Å²) < 4.78 is 11.8. The predicted molar refractivity (Wildman–Crippen MR) is 81.8 cm³/mol. The lowest BCUT2D eigenvalue weighted by Crippen LogP contribution is -2.43. The first-order chi connectivity index (χ1) is 8.58. The van der Waals surface area contributed by atoms with Crippen molar-refractivity contribution in [1.82, 2.24) is 0 Å². The van der Waals surface area contributed by atoms with Crippen molar-refractivity contribution < 1.29 is 14.3 Å². The molecule has 0 saturated carbocycles. The van der Waals surface area contributed by atoms with Crippen LogP contribution < -0.4 is 0 Å². The van der Waals surface area contributed by atoms with Gasteiger partial charge in [0.15, 0.2) is 8.32 Å². The van der Waals surface area contributed by atoms with Crippen molar-refractivity contribution in [2.75, 3.05) is 0 Å². The van der Waals surface area contributed by atoms with Crippen molar-refractivity contribution in [1.29, 1.82) is 0 Å². The summed E-state index contributed by atoms with van der Waals surface area (Å²) in [5.41, 5.74) is 0. The first-order valence-corrected chi connectivity index (χ1v) is 10.1. The molecule has 4 atom stereocenters. The van der Waals surface area contributed by atoms with E-state index in [0.29, 0.717) is 6.42 Å². The van der Waals surface area contributed by atoms with Gasteiger partial charge in [0, 0.05) is 12.5 Å². The summed E-state index contributed by atoms with van der Waals surface area (Å²) >= 11 is 0. The monoisotopic (exact) mass is 286 g/mol. The van der Waals surface area contributed by atoms with Crippen LogP contribution in [0.4, 0.5) is 0 Å². The number of rotatable bonds is 7. The Hall–Kier alpha value is -0.163. The highest BCUT2D eigenvalue weighted by Crippen LogP contribution is 2.39. The molecule has 0 amide bonds. The van der Waals surface area contributed by atoms with Gasteiger partial charge in [-0.2, -0.15) is 0 Å². The Bertz CT molecular complexity index is 309. The quantitative estimate of drug-likeness (QED) is 0.442. The molecule has 3 nitrogen and oxygen atoms in total. The fraction of sp³-hybridized carbons (Fsp3) is 0.867. The van der Waals surface area contributed by atoms with Gasteiger partial charge < -0.3 is 14.3 Å². The standard InChI is InChI=1S/C15H30O3Si/c1-8-9-12(16)14-13(17-14)10-11(2)18-19(6,7)15(3,4)5/h8,11-14,16H,1,9-10H2,2-7H3/t11-,12+,13-,14-/m0/s1. The van der Waals surface area contributed by atoms with Crippen LogP contribution in [0.2, 0.25) is 18.1 Å². The molecule has 0 radical (unpaired) electrons. The molecule has 112 valence electrons. The van der Waals surface area contributed by atoms with Gasteiger partial charge in [-0.3, -0.25) is 0 Å². The number of ether oxygens (including phenoxy) is 1. The van der Waals surface area contributed by atoms with Crippen LogP contribution in [0.25, 0.3) is 0 Å². The lowest BCUT2D eigenvalue weighted by atomic mass is 10.1. The van der Waals surface area contributed by atoms with E-state index in [-0.39, 0.29) is 23.4 Å². The maximum absolute atomic E-state index is 9.81. The molecule has 1 fully saturated rings. The smallest absolute Gasteiger partial charge is 0.192 e. The minimum absolute atomic E-state index is 0.0246. The number of epoxide rings is 1. The Balaban J connectivity index is 2.38. The molecular formula is C15H30O3Si.